The van der Waals surface area contributed by atoms with Crippen LogP contribution >= 0.6 is 21.5 Å². The largest absolute Gasteiger partial charge is 0.131 e. The van der Waals surface area contributed by atoms with Crippen molar-refractivity contribution < 1.29 is 0 Å². The van der Waals surface area contributed by atoms with Crippen LogP contribution in [0.2, 0.25) is 0 Å². The van der Waals surface area contributed by atoms with Gasteiger partial charge in [-0.1, -0.05) is 25.2 Å². The lowest BCUT2D eigenvalue weighted by molar-refractivity contribution is 1.23. The highest BCUT2D eigenvalue weighted by molar-refractivity contribution is 7.80. The molecule has 0 aliphatic rings. The molecular formula is C7H13PS. The average Bonchev–Trinajstić information content (AvgIpc) is 1.63. The Hall–Kier alpha value is 0.260. The molecule has 0 fully saturated rings. The van der Waals surface area contributed by atoms with E-state index in [0.29, 0.717) is 5.66 Å². The van der Waals surface area contributed by atoms with E-state index in [9.17, 15) is 0 Å². The van der Waals surface area contributed by atoms with Crippen LogP contribution in [0.4, 0.5) is 0 Å². The number of allylic oxidation sites excluding steroid dienone is 2. The molecule has 0 aliphatic carbocycles. The van der Waals surface area contributed by atoms with E-state index >= 15 is 0 Å². The van der Waals surface area contributed by atoms with Crippen LogP contribution in [0.5, 0.6) is 0 Å². The molecule has 52 valence electrons. The van der Waals surface area contributed by atoms with Crippen LogP contribution in [0.25, 0.3) is 0 Å². The third-order valence-electron chi connectivity index (χ3n) is 1.07. The molecule has 0 spiro atoms. The molecular weight excluding hydrogens is 147 g/mol. The van der Waals surface area contributed by atoms with E-state index in [-0.39, 0.29) is 0 Å². The van der Waals surface area contributed by atoms with Crippen LogP contribution in [-0.4, -0.2) is 10.5 Å². The third kappa shape index (κ3) is 4.74. The van der Waals surface area contributed by atoms with E-state index < -0.39 is 0 Å². The van der Waals surface area contributed by atoms with Gasteiger partial charge in [0.15, 0.2) is 0 Å². The molecule has 0 rings (SSSR count). The number of hydrogen-bond acceptors (Lipinski definition) is 1. The molecule has 2 unspecified atom stereocenters. The Labute approximate surface area is 64.9 Å². The van der Waals surface area contributed by atoms with Crippen LogP contribution in [0.15, 0.2) is 11.6 Å². The van der Waals surface area contributed by atoms with E-state index in [2.05, 4.69) is 22.2 Å². The number of thiocarbonyl (C=S) groups is 1. The van der Waals surface area contributed by atoms with Crippen molar-refractivity contribution in [3.05, 3.63) is 11.6 Å². The van der Waals surface area contributed by atoms with Crippen molar-refractivity contribution in [1.82, 2.24) is 0 Å². The lowest BCUT2D eigenvalue weighted by Crippen LogP contribution is -1.92. The maximum absolute atomic E-state index is 4.96. The molecule has 0 bridgehead atoms. The van der Waals surface area contributed by atoms with E-state index in [4.69, 9.17) is 12.2 Å². The SMILES string of the molecule is CC(=S)/C(C)=C\C(C)P. The highest BCUT2D eigenvalue weighted by atomic mass is 32.1. The summed E-state index contributed by atoms with van der Waals surface area (Å²) in [4.78, 5) is 0.990. The highest BCUT2D eigenvalue weighted by Crippen LogP contribution is 2.05. The predicted molar refractivity (Wildman–Crippen MR) is 51.2 cm³/mol. The lowest BCUT2D eigenvalue weighted by atomic mass is 10.2. The maximum atomic E-state index is 4.96. The first-order chi connectivity index (χ1) is 4.04. The molecule has 0 N–H and O–H groups in total. The second-order valence-electron chi connectivity index (χ2n) is 2.26. The van der Waals surface area contributed by atoms with Crippen molar-refractivity contribution in [2.45, 2.75) is 26.4 Å². The van der Waals surface area contributed by atoms with Crippen molar-refractivity contribution >= 4 is 26.3 Å². The summed E-state index contributed by atoms with van der Waals surface area (Å²) < 4.78 is 0. The Kier molecular flexibility index (Phi) is 4.26. The molecule has 0 radical (unpaired) electrons. The number of rotatable bonds is 2. The first-order valence-electron chi connectivity index (χ1n) is 2.99. The lowest BCUT2D eigenvalue weighted by Gasteiger charge is -1.98. The standard InChI is InChI=1S/C7H13PS/c1-5(7(3)9)4-6(2)8/h4,6H,8H2,1-3H3/b5-4-. The summed E-state index contributed by atoms with van der Waals surface area (Å²) in [5.74, 6) is 0. The van der Waals surface area contributed by atoms with E-state index in [1.807, 2.05) is 13.8 Å². The second kappa shape index (κ2) is 4.14. The van der Waals surface area contributed by atoms with Gasteiger partial charge in [-0.3, -0.25) is 0 Å². The topological polar surface area (TPSA) is 0 Å². The molecule has 0 saturated carbocycles. The van der Waals surface area contributed by atoms with E-state index in [0.717, 1.165) is 4.86 Å². The summed E-state index contributed by atoms with van der Waals surface area (Å²) in [5.41, 5.74) is 1.75. The fourth-order valence-electron chi connectivity index (χ4n) is 0.512. The van der Waals surface area contributed by atoms with Gasteiger partial charge in [0.05, 0.1) is 0 Å². The molecule has 0 amide bonds. The second-order valence-corrected chi connectivity index (χ2v) is 3.93. The molecule has 0 saturated heterocycles. The summed E-state index contributed by atoms with van der Waals surface area (Å²) in [6, 6.07) is 0. The first kappa shape index (κ1) is 9.26. The quantitative estimate of drug-likeness (QED) is 0.340. The fraction of sp³-hybridized carbons (Fsp3) is 0.571. The van der Waals surface area contributed by atoms with Crippen molar-refractivity contribution in [2.24, 2.45) is 0 Å². The molecule has 2 atom stereocenters. The molecule has 0 aromatic rings. The average molecular weight is 160 g/mol. The van der Waals surface area contributed by atoms with Gasteiger partial charge in [-0.25, -0.2) is 0 Å². The van der Waals surface area contributed by atoms with Gasteiger partial charge in [0.1, 0.15) is 0 Å². The first-order valence-corrected chi connectivity index (χ1v) is 4.06. The summed E-state index contributed by atoms with van der Waals surface area (Å²) >= 11 is 4.96. The van der Waals surface area contributed by atoms with E-state index in [1.54, 1.807) is 0 Å². The van der Waals surface area contributed by atoms with Crippen molar-refractivity contribution in [2.75, 3.05) is 0 Å². The molecule has 9 heavy (non-hydrogen) atoms. The van der Waals surface area contributed by atoms with Gasteiger partial charge in [0, 0.05) is 4.86 Å². The summed E-state index contributed by atoms with van der Waals surface area (Å²) in [6.45, 7) is 6.11. The zero-order valence-electron chi connectivity index (χ0n) is 6.14. The summed E-state index contributed by atoms with van der Waals surface area (Å²) in [5, 5.41) is 0. The third-order valence-corrected chi connectivity index (χ3v) is 1.58. The zero-order chi connectivity index (χ0) is 7.44. The Bertz CT molecular complexity index is 136. The Morgan fingerprint density at radius 3 is 2.11 bits per heavy atom. The van der Waals surface area contributed by atoms with Crippen LogP contribution < -0.4 is 0 Å². The van der Waals surface area contributed by atoms with Gasteiger partial charge < -0.3 is 0 Å². The Morgan fingerprint density at radius 1 is 1.56 bits per heavy atom. The van der Waals surface area contributed by atoms with Gasteiger partial charge >= 0.3 is 0 Å². The molecule has 0 aliphatic heterocycles. The van der Waals surface area contributed by atoms with Crippen LogP contribution in [0.3, 0.4) is 0 Å². The maximum Gasteiger partial charge on any atom is 0.0147 e. The van der Waals surface area contributed by atoms with Gasteiger partial charge in [0.2, 0.25) is 0 Å². The molecule has 0 heterocycles. The van der Waals surface area contributed by atoms with Gasteiger partial charge in [-0.05, 0) is 25.1 Å². The Morgan fingerprint density at radius 2 is 2.00 bits per heavy atom. The number of hydrogen-bond donors (Lipinski definition) is 0. The zero-order valence-corrected chi connectivity index (χ0v) is 8.11. The van der Waals surface area contributed by atoms with Crippen molar-refractivity contribution in [3.63, 3.8) is 0 Å². The normalized spacial score (nSPS) is 15.3. The summed E-state index contributed by atoms with van der Waals surface area (Å²) in [6.07, 6.45) is 2.15. The summed E-state index contributed by atoms with van der Waals surface area (Å²) in [7, 11) is 2.71. The molecule has 0 aromatic heterocycles. The molecule has 2 heteroatoms. The Balaban J connectivity index is 4.00. The minimum absolute atomic E-state index is 0.530. The highest BCUT2D eigenvalue weighted by Gasteiger charge is 1.92. The van der Waals surface area contributed by atoms with Crippen LogP contribution in [-0.2, 0) is 0 Å². The molecule has 0 aromatic carbocycles. The van der Waals surface area contributed by atoms with Crippen molar-refractivity contribution in [3.8, 4) is 0 Å². The van der Waals surface area contributed by atoms with E-state index in [1.165, 1.54) is 5.57 Å². The fourth-order valence-corrected chi connectivity index (χ4v) is 0.868. The van der Waals surface area contributed by atoms with Gasteiger partial charge in [-0.15, -0.1) is 9.24 Å². The van der Waals surface area contributed by atoms with Crippen molar-refractivity contribution in [1.29, 1.82) is 0 Å². The van der Waals surface area contributed by atoms with Crippen LogP contribution in [0, 0.1) is 0 Å². The predicted octanol–water partition coefficient (Wildman–Crippen LogP) is 2.59. The smallest absolute Gasteiger partial charge is 0.0147 e. The molecule has 0 nitrogen and oxygen atoms in total. The van der Waals surface area contributed by atoms with Gasteiger partial charge in [0.25, 0.3) is 0 Å². The monoisotopic (exact) mass is 160 g/mol. The van der Waals surface area contributed by atoms with Gasteiger partial charge in [-0.2, -0.15) is 0 Å². The minimum Gasteiger partial charge on any atom is -0.131 e. The van der Waals surface area contributed by atoms with Crippen LogP contribution in [0.1, 0.15) is 20.8 Å². The minimum atomic E-state index is 0.530.